The zero-order valence-corrected chi connectivity index (χ0v) is 12.0. The predicted molar refractivity (Wildman–Crippen MR) is 81.4 cm³/mol. The summed E-state index contributed by atoms with van der Waals surface area (Å²) in [6.45, 7) is 4.19. The van der Waals surface area contributed by atoms with E-state index in [9.17, 15) is 0 Å². The van der Waals surface area contributed by atoms with Crippen molar-refractivity contribution in [3.8, 4) is 0 Å². The van der Waals surface area contributed by atoms with Crippen molar-refractivity contribution in [1.29, 1.82) is 0 Å². The van der Waals surface area contributed by atoms with Crippen molar-refractivity contribution < 1.29 is 0 Å². The lowest BCUT2D eigenvalue weighted by molar-refractivity contribution is 1.14. The maximum Gasteiger partial charge on any atom is 0.0346 e. The fourth-order valence-electron chi connectivity index (χ4n) is 2.05. The zero-order valence-electron chi connectivity index (χ0n) is 11.2. The van der Waals surface area contributed by atoms with Crippen molar-refractivity contribution in [2.24, 2.45) is 0 Å². The van der Waals surface area contributed by atoms with Crippen LogP contribution in [0.3, 0.4) is 0 Å². The van der Waals surface area contributed by atoms with E-state index in [-0.39, 0.29) is 0 Å². The highest BCUT2D eigenvalue weighted by atomic mass is 32.2. The van der Waals surface area contributed by atoms with E-state index in [1.807, 2.05) is 0 Å². The summed E-state index contributed by atoms with van der Waals surface area (Å²) in [6, 6.07) is 13.0. The highest BCUT2D eigenvalue weighted by Gasteiger charge is 2.03. The lowest BCUT2D eigenvalue weighted by atomic mass is 9.98. The van der Waals surface area contributed by atoms with Crippen LogP contribution in [0.15, 0.2) is 41.3 Å². The number of benzene rings is 2. The van der Waals surface area contributed by atoms with Gasteiger partial charge in [0.25, 0.3) is 0 Å². The first kappa shape index (κ1) is 13.0. The summed E-state index contributed by atoms with van der Waals surface area (Å²) in [5.74, 6) is 0. The van der Waals surface area contributed by atoms with Gasteiger partial charge in [-0.2, -0.15) is 0 Å². The largest absolute Gasteiger partial charge is 0.399 e. The molecule has 0 aliphatic carbocycles. The summed E-state index contributed by atoms with van der Waals surface area (Å²) in [7, 11) is 0. The molecule has 0 spiro atoms. The van der Waals surface area contributed by atoms with E-state index in [0.717, 1.165) is 17.7 Å². The Balaban J connectivity index is 2.25. The van der Waals surface area contributed by atoms with E-state index >= 15 is 0 Å². The third-order valence-electron chi connectivity index (χ3n) is 3.28. The van der Waals surface area contributed by atoms with Crippen molar-refractivity contribution >= 4 is 17.4 Å². The quantitative estimate of drug-likeness (QED) is 0.659. The van der Waals surface area contributed by atoms with Gasteiger partial charge in [-0.15, -0.1) is 11.8 Å². The van der Waals surface area contributed by atoms with Gasteiger partial charge in [0, 0.05) is 10.6 Å². The lowest BCUT2D eigenvalue weighted by Crippen LogP contribution is -1.97. The maximum absolute atomic E-state index is 5.92. The standard InChI is InChI=1S/C16H19NS/c1-11-9-16(17)12(2)8-14(11)10-13-4-6-15(18-3)7-5-13/h4-9H,10,17H2,1-3H3. The molecule has 2 aromatic rings. The minimum atomic E-state index is 0.883. The average molecular weight is 257 g/mol. The van der Waals surface area contributed by atoms with Crippen LogP contribution in [0.2, 0.25) is 0 Å². The number of anilines is 1. The molecular weight excluding hydrogens is 238 g/mol. The molecule has 0 aromatic heterocycles. The summed E-state index contributed by atoms with van der Waals surface area (Å²) in [5.41, 5.74) is 11.9. The van der Waals surface area contributed by atoms with Gasteiger partial charge in [0.15, 0.2) is 0 Å². The van der Waals surface area contributed by atoms with E-state index in [0.29, 0.717) is 0 Å². The molecule has 0 saturated carbocycles. The summed E-state index contributed by atoms with van der Waals surface area (Å²) in [4.78, 5) is 1.31. The Morgan fingerprint density at radius 2 is 1.67 bits per heavy atom. The van der Waals surface area contributed by atoms with Gasteiger partial charge in [-0.05, 0) is 67.0 Å². The second-order valence-electron chi connectivity index (χ2n) is 4.66. The van der Waals surface area contributed by atoms with Gasteiger partial charge in [-0.3, -0.25) is 0 Å². The molecule has 0 atom stereocenters. The van der Waals surface area contributed by atoms with Gasteiger partial charge in [0.1, 0.15) is 0 Å². The van der Waals surface area contributed by atoms with Crippen molar-refractivity contribution in [3.05, 3.63) is 58.7 Å². The molecule has 0 unspecified atom stereocenters. The normalized spacial score (nSPS) is 10.6. The van der Waals surface area contributed by atoms with E-state index in [1.165, 1.54) is 21.6 Å². The number of rotatable bonds is 3. The Morgan fingerprint density at radius 3 is 2.28 bits per heavy atom. The van der Waals surface area contributed by atoms with Gasteiger partial charge in [0.2, 0.25) is 0 Å². The molecule has 0 bridgehead atoms. The third-order valence-corrected chi connectivity index (χ3v) is 4.02. The molecule has 0 saturated heterocycles. The van der Waals surface area contributed by atoms with Crippen molar-refractivity contribution in [1.82, 2.24) is 0 Å². The first-order valence-corrected chi connectivity index (χ1v) is 7.31. The average Bonchev–Trinajstić information content (AvgIpc) is 2.37. The van der Waals surface area contributed by atoms with E-state index in [2.05, 4.69) is 56.5 Å². The second-order valence-corrected chi connectivity index (χ2v) is 5.54. The Morgan fingerprint density at radius 1 is 1.00 bits per heavy atom. The topological polar surface area (TPSA) is 26.0 Å². The van der Waals surface area contributed by atoms with Crippen molar-refractivity contribution in [2.45, 2.75) is 25.2 Å². The molecule has 2 aromatic carbocycles. The number of aryl methyl sites for hydroxylation is 2. The molecule has 18 heavy (non-hydrogen) atoms. The predicted octanol–water partition coefficient (Wildman–Crippen LogP) is 4.20. The first-order chi connectivity index (χ1) is 8.60. The molecule has 0 heterocycles. The van der Waals surface area contributed by atoms with Crippen LogP contribution in [0.4, 0.5) is 5.69 Å². The second kappa shape index (κ2) is 5.49. The first-order valence-electron chi connectivity index (χ1n) is 6.08. The Labute approximate surface area is 113 Å². The van der Waals surface area contributed by atoms with Crippen LogP contribution in [-0.2, 0) is 6.42 Å². The number of hydrogen-bond donors (Lipinski definition) is 1. The maximum atomic E-state index is 5.92. The fraction of sp³-hybridized carbons (Fsp3) is 0.250. The van der Waals surface area contributed by atoms with E-state index in [1.54, 1.807) is 11.8 Å². The molecule has 2 rings (SSSR count). The Bertz CT molecular complexity index is 544. The highest BCUT2D eigenvalue weighted by molar-refractivity contribution is 7.98. The molecule has 0 aliphatic rings. The van der Waals surface area contributed by atoms with E-state index < -0.39 is 0 Å². The van der Waals surface area contributed by atoms with E-state index in [4.69, 9.17) is 5.73 Å². The summed E-state index contributed by atoms with van der Waals surface area (Å²) >= 11 is 1.77. The van der Waals surface area contributed by atoms with Gasteiger partial charge in [-0.1, -0.05) is 18.2 Å². The van der Waals surface area contributed by atoms with Crippen LogP contribution in [0, 0.1) is 13.8 Å². The molecule has 0 fully saturated rings. The highest BCUT2D eigenvalue weighted by Crippen LogP contribution is 2.22. The van der Waals surface area contributed by atoms with Crippen molar-refractivity contribution in [2.75, 3.05) is 12.0 Å². The molecule has 0 amide bonds. The fourth-order valence-corrected chi connectivity index (χ4v) is 2.46. The van der Waals surface area contributed by atoms with Crippen LogP contribution < -0.4 is 5.73 Å². The zero-order chi connectivity index (χ0) is 13.1. The number of nitrogen functional groups attached to an aromatic ring is 1. The minimum absolute atomic E-state index is 0.883. The summed E-state index contributed by atoms with van der Waals surface area (Å²) in [6.07, 6.45) is 3.07. The van der Waals surface area contributed by atoms with Crippen LogP contribution in [0.25, 0.3) is 0 Å². The van der Waals surface area contributed by atoms with Crippen LogP contribution in [0.1, 0.15) is 22.3 Å². The molecule has 2 heteroatoms. The lowest BCUT2D eigenvalue weighted by Gasteiger charge is -2.10. The third kappa shape index (κ3) is 2.88. The molecule has 0 radical (unpaired) electrons. The van der Waals surface area contributed by atoms with Crippen LogP contribution >= 0.6 is 11.8 Å². The molecule has 0 aliphatic heterocycles. The monoisotopic (exact) mass is 257 g/mol. The number of nitrogens with two attached hydrogens (primary N) is 1. The number of hydrogen-bond acceptors (Lipinski definition) is 2. The van der Waals surface area contributed by atoms with Gasteiger partial charge >= 0.3 is 0 Å². The summed E-state index contributed by atoms with van der Waals surface area (Å²) in [5, 5.41) is 0. The SMILES string of the molecule is CSc1ccc(Cc2cc(C)c(N)cc2C)cc1. The summed E-state index contributed by atoms with van der Waals surface area (Å²) < 4.78 is 0. The molecule has 1 nitrogen and oxygen atoms in total. The Kier molecular flexibility index (Phi) is 3.97. The number of thioether (sulfide) groups is 1. The van der Waals surface area contributed by atoms with Crippen LogP contribution in [0.5, 0.6) is 0 Å². The Hall–Kier alpha value is -1.41. The van der Waals surface area contributed by atoms with Crippen LogP contribution in [-0.4, -0.2) is 6.26 Å². The molecule has 94 valence electrons. The smallest absolute Gasteiger partial charge is 0.0346 e. The van der Waals surface area contributed by atoms with Gasteiger partial charge in [-0.25, -0.2) is 0 Å². The minimum Gasteiger partial charge on any atom is -0.399 e. The molecular formula is C16H19NS. The van der Waals surface area contributed by atoms with Gasteiger partial charge < -0.3 is 5.73 Å². The van der Waals surface area contributed by atoms with Gasteiger partial charge in [0.05, 0.1) is 0 Å². The molecule has 2 N–H and O–H groups in total. The van der Waals surface area contributed by atoms with Crippen molar-refractivity contribution in [3.63, 3.8) is 0 Å².